The van der Waals surface area contributed by atoms with Crippen LogP contribution in [0.25, 0.3) is 11.0 Å². The smallest absolute Gasteiger partial charge is 0.310 e. The summed E-state index contributed by atoms with van der Waals surface area (Å²) in [6.45, 7) is 2.21. The molecular weight excluding hydrogens is 343 g/mol. The fraction of sp³-hybridized carbons (Fsp3) is 0.308. The van der Waals surface area contributed by atoms with E-state index in [1.165, 1.54) is 0 Å². The maximum atomic E-state index is 11.4. The normalized spacial score (nSPS) is 10.6. The molecule has 4 nitrogen and oxygen atoms in total. The molecule has 0 unspecified atom stereocenters. The number of fused-ring (bicyclic) bond motifs is 1. The molecule has 0 saturated carbocycles. The van der Waals surface area contributed by atoms with E-state index in [9.17, 15) is 4.79 Å². The van der Waals surface area contributed by atoms with Gasteiger partial charge in [0.15, 0.2) is 0 Å². The van der Waals surface area contributed by atoms with Crippen molar-refractivity contribution in [3.63, 3.8) is 0 Å². The maximum Gasteiger partial charge on any atom is 0.310 e. The average molecular weight is 356 g/mol. The molecule has 0 spiro atoms. The van der Waals surface area contributed by atoms with Crippen LogP contribution in [0, 0.1) is 0 Å². The summed E-state index contributed by atoms with van der Waals surface area (Å²) >= 11 is 2.25. The minimum absolute atomic E-state index is 0.213. The Hall–Kier alpha value is -1.24. The number of ether oxygens (including phenoxy) is 1. The van der Waals surface area contributed by atoms with Crippen LogP contribution in [0.2, 0.25) is 0 Å². The number of carbonyl (C=O) groups excluding carboxylic acids is 1. The van der Waals surface area contributed by atoms with Crippen LogP contribution in [0.4, 0.5) is 0 Å². The van der Waals surface area contributed by atoms with Crippen molar-refractivity contribution in [3.8, 4) is 0 Å². The Labute approximate surface area is 119 Å². The molecule has 0 radical (unpaired) electrons. The van der Waals surface area contributed by atoms with E-state index in [1.54, 1.807) is 13.1 Å². The first kappa shape index (κ1) is 13.2. The SMILES string of the molecule is CCOC(=O)Cc1ccc2ncc(CI)nc2c1. The van der Waals surface area contributed by atoms with Crippen molar-refractivity contribution in [2.24, 2.45) is 0 Å². The van der Waals surface area contributed by atoms with Crippen molar-refractivity contribution < 1.29 is 9.53 Å². The van der Waals surface area contributed by atoms with E-state index in [0.717, 1.165) is 26.7 Å². The lowest BCUT2D eigenvalue weighted by Crippen LogP contribution is -2.07. The first-order valence-corrected chi connectivity index (χ1v) is 7.21. The van der Waals surface area contributed by atoms with Crippen LogP contribution in [-0.2, 0) is 20.4 Å². The van der Waals surface area contributed by atoms with Gasteiger partial charge < -0.3 is 4.74 Å². The zero-order valence-electron chi connectivity index (χ0n) is 10.0. The van der Waals surface area contributed by atoms with Gasteiger partial charge in [0.2, 0.25) is 0 Å². The highest BCUT2D eigenvalue weighted by Crippen LogP contribution is 2.14. The molecule has 0 aliphatic rings. The van der Waals surface area contributed by atoms with Crippen LogP contribution in [0.3, 0.4) is 0 Å². The number of benzene rings is 1. The summed E-state index contributed by atoms with van der Waals surface area (Å²) in [7, 11) is 0. The first-order valence-electron chi connectivity index (χ1n) is 5.69. The number of hydrogen-bond acceptors (Lipinski definition) is 4. The minimum atomic E-state index is -0.213. The molecular formula is C13H13IN2O2. The summed E-state index contributed by atoms with van der Waals surface area (Å²) in [4.78, 5) is 20.2. The van der Waals surface area contributed by atoms with E-state index in [4.69, 9.17) is 4.74 Å². The van der Waals surface area contributed by atoms with Crippen LogP contribution in [0.1, 0.15) is 18.2 Å². The van der Waals surface area contributed by atoms with Gasteiger partial charge in [0, 0.05) is 10.6 Å². The van der Waals surface area contributed by atoms with Crippen LogP contribution in [0.5, 0.6) is 0 Å². The molecule has 1 heterocycles. The Bertz CT molecular complexity index is 572. The van der Waals surface area contributed by atoms with Gasteiger partial charge in [0.1, 0.15) is 0 Å². The van der Waals surface area contributed by atoms with Crippen molar-refractivity contribution in [1.82, 2.24) is 9.97 Å². The van der Waals surface area contributed by atoms with Gasteiger partial charge in [0.05, 0.1) is 29.8 Å². The van der Waals surface area contributed by atoms with Gasteiger partial charge in [-0.1, -0.05) is 28.7 Å². The van der Waals surface area contributed by atoms with Gasteiger partial charge in [-0.2, -0.15) is 0 Å². The highest BCUT2D eigenvalue weighted by Gasteiger charge is 2.06. The van der Waals surface area contributed by atoms with E-state index < -0.39 is 0 Å². The number of hydrogen-bond donors (Lipinski definition) is 0. The lowest BCUT2D eigenvalue weighted by Gasteiger charge is -2.04. The fourth-order valence-electron chi connectivity index (χ4n) is 1.65. The van der Waals surface area contributed by atoms with Gasteiger partial charge in [0.25, 0.3) is 0 Å². The molecule has 0 atom stereocenters. The third-order valence-corrected chi connectivity index (χ3v) is 3.23. The molecule has 0 saturated heterocycles. The van der Waals surface area contributed by atoms with Gasteiger partial charge in [-0.15, -0.1) is 0 Å². The van der Waals surface area contributed by atoms with E-state index in [0.29, 0.717) is 6.61 Å². The summed E-state index contributed by atoms with van der Waals surface area (Å²) in [5, 5.41) is 0. The molecule has 0 aliphatic carbocycles. The number of alkyl halides is 1. The highest BCUT2D eigenvalue weighted by molar-refractivity contribution is 14.1. The predicted molar refractivity (Wildman–Crippen MR) is 77.6 cm³/mol. The van der Waals surface area contributed by atoms with Gasteiger partial charge >= 0.3 is 5.97 Å². The Morgan fingerprint density at radius 2 is 2.22 bits per heavy atom. The molecule has 2 aromatic rings. The van der Waals surface area contributed by atoms with Crippen molar-refractivity contribution >= 4 is 39.6 Å². The van der Waals surface area contributed by atoms with Crippen LogP contribution in [-0.4, -0.2) is 22.5 Å². The number of rotatable bonds is 4. The summed E-state index contributed by atoms with van der Waals surface area (Å²) in [5.74, 6) is -0.213. The van der Waals surface area contributed by atoms with Crippen molar-refractivity contribution in [3.05, 3.63) is 35.7 Å². The molecule has 0 bridgehead atoms. The quantitative estimate of drug-likeness (QED) is 0.480. The summed E-state index contributed by atoms with van der Waals surface area (Å²) < 4.78 is 5.75. The number of halogens is 1. The molecule has 94 valence electrons. The van der Waals surface area contributed by atoms with Crippen molar-refractivity contribution in [1.29, 1.82) is 0 Å². The number of nitrogens with zero attached hydrogens (tertiary/aromatic N) is 2. The monoisotopic (exact) mass is 356 g/mol. The fourth-order valence-corrected chi connectivity index (χ4v) is 2.02. The first-order chi connectivity index (χ1) is 8.72. The van der Waals surface area contributed by atoms with Crippen molar-refractivity contribution in [2.75, 3.05) is 6.61 Å². The Morgan fingerprint density at radius 3 is 2.94 bits per heavy atom. The topological polar surface area (TPSA) is 52.1 Å². The molecule has 0 fully saturated rings. The predicted octanol–water partition coefficient (Wildman–Crippen LogP) is 2.67. The van der Waals surface area contributed by atoms with E-state index in [1.807, 2.05) is 18.2 Å². The molecule has 18 heavy (non-hydrogen) atoms. The van der Waals surface area contributed by atoms with Gasteiger partial charge in [-0.25, -0.2) is 4.98 Å². The number of aromatic nitrogens is 2. The zero-order valence-corrected chi connectivity index (χ0v) is 12.2. The third kappa shape index (κ3) is 3.16. The standard InChI is InChI=1S/C13H13IN2O2/c1-2-18-13(17)6-9-3-4-11-12(5-9)16-10(7-14)8-15-11/h3-5,8H,2,6-7H2,1H3. The van der Waals surface area contributed by atoms with Gasteiger partial charge in [-0.05, 0) is 24.6 Å². The molecule has 2 rings (SSSR count). The highest BCUT2D eigenvalue weighted by atomic mass is 127. The maximum absolute atomic E-state index is 11.4. The van der Waals surface area contributed by atoms with E-state index >= 15 is 0 Å². The molecule has 5 heteroatoms. The molecule has 0 N–H and O–H groups in total. The average Bonchev–Trinajstić information content (AvgIpc) is 2.38. The number of carbonyl (C=O) groups is 1. The molecule has 0 amide bonds. The third-order valence-electron chi connectivity index (χ3n) is 2.45. The van der Waals surface area contributed by atoms with Crippen LogP contribution >= 0.6 is 22.6 Å². The summed E-state index contributed by atoms with van der Waals surface area (Å²) in [6.07, 6.45) is 2.06. The van der Waals surface area contributed by atoms with E-state index in [2.05, 4.69) is 32.6 Å². The Kier molecular flexibility index (Phi) is 4.46. The van der Waals surface area contributed by atoms with Crippen LogP contribution < -0.4 is 0 Å². The largest absolute Gasteiger partial charge is 0.466 e. The molecule has 0 aliphatic heterocycles. The van der Waals surface area contributed by atoms with Crippen LogP contribution in [0.15, 0.2) is 24.4 Å². The second-order valence-electron chi connectivity index (χ2n) is 3.80. The lowest BCUT2D eigenvalue weighted by atomic mass is 10.1. The number of esters is 1. The summed E-state index contributed by atoms with van der Waals surface area (Å²) in [6, 6.07) is 5.67. The second-order valence-corrected chi connectivity index (χ2v) is 4.56. The minimum Gasteiger partial charge on any atom is -0.466 e. The summed E-state index contributed by atoms with van der Waals surface area (Å²) in [5.41, 5.74) is 3.51. The van der Waals surface area contributed by atoms with E-state index in [-0.39, 0.29) is 12.4 Å². The Morgan fingerprint density at radius 1 is 1.39 bits per heavy atom. The molecule has 1 aromatic carbocycles. The zero-order chi connectivity index (χ0) is 13.0. The lowest BCUT2D eigenvalue weighted by molar-refractivity contribution is -0.142. The van der Waals surface area contributed by atoms with Crippen molar-refractivity contribution in [2.45, 2.75) is 17.8 Å². The van der Waals surface area contributed by atoms with Gasteiger partial charge in [-0.3, -0.25) is 9.78 Å². The second kappa shape index (κ2) is 6.08. The molecule has 1 aromatic heterocycles. The Balaban J connectivity index is 2.27.